The molecule has 122 valence electrons. The topological polar surface area (TPSA) is 29.5 Å². The SMILES string of the molecule is CN(CCOc1ccccc1)C(=O)c1cccc(C(F)(F)F)c1. The molecule has 0 aliphatic carbocycles. The summed E-state index contributed by atoms with van der Waals surface area (Å²) in [5.41, 5.74) is -0.834. The number of nitrogens with zero attached hydrogens (tertiary/aromatic N) is 1. The second-order valence-corrected chi connectivity index (χ2v) is 4.97. The summed E-state index contributed by atoms with van der Waals surface area (Å²) in [6.45, 7) is 0.523. The molecule has 2 aromatic rings. The molecule has 0 saturated heterocycles. The maximum absolute atomic E-state index is 12.7. The standard InChI is InChI=1S/C17H16F3NO2/c1-21(10-11-23-15-8-3-2-4-9-15)16(22)13-6-5-7-14(12-13)17(18,19)20/h2-9,12H,10-11H2,1H3. The van der Waals surface area contributed by atoms with E-state index in [1.807, 2.05) is 18.2 Å². The van der Waals surface area contributed by atoms with Crippen molar-refractivity contribution in [2.45, 2.75) is 6.18 Å². The van der Waals surface area contributed by atoms with Crippen molar-refractivity contribution in [2.24, 2.45) is 0 Å². The second kappa shape index (κ2) is 7.17. The number of likely N-dealkylation sites (N-methyl/N-ethyl adjacent to an activating group) is 1. The second-order valence-electron chi connectivity index (χ2n) is 4.97. The molecule has 0 N–H and O–H groups in total. The zero-order valence-corrected chi connectivity index (χ0v) is 12.5. The minimum absolute atomic E-state index is 0.00189. The van der Waals surface area contributed by atoms with Crippen LogP contribution in [-0.2, 0) is 6.18 Å². The van der Waals surface area contributed by atoms with Crippen molar-refractivity contribution in [1.82, 2.24) is 4.90 Å². The first-order chi connectivity index (χ1) is 10.9. The number of benzene rings is 2. The highest BCUT2D eigenvalue weighted by Crippen LogP contribution is 2.29. The summed E-state index contributed by atoms with van der Waals surface area (Å²) in [7, 11) is 1.52. The van der Waals surface area contributed by atoms with Gasteiger partial charge < -0.3 is 9.64 Å². The largest absolute Gasteiger partial charge is 0.492 e. The Morgan fingerprint density at radius 1 is 1.09 bits per heavy atom. The lowest BCUT2D eigenvalue weighted by atomic mass is 10.1. The van der Waals surface area contributed by atoms with Gasteiger partial charge in [-0.05, 0) is 30.3 Å². The van der Waals surface area contributed by atoms with E-state index in [4.69, 9.17) is 4.74 Å². The Kier molecular flexibility index (Phi) is 5.26. The van der Waals surface area contributed by atoms with Gasteiger partial charge >= 0.3 is 6.18 Å². The molecule has 0 aliphatic heterocycles. The zero-order chi connectivity index (χ0) is 16.9. The van der Waals surface area contributed by atoms with Crippen LogP contribution in [0.1, 0.15) is 15.9 Å². The number of alkyl halides is 3. The molecular weight excluding hydrogens is 307 g/mol. The van der Waals surface area contributed by atoms with Crippen LogP contribution in [0.4, 0.5) is 13.2 Å². The van der Waals surface area contributed by atoms with Crippen LogP contribution in [0.5, 0.6) is 5.75 Å². The van der Waals surface area contributed by atoms with Crippen LogP contribution in [0, 0.1) is 0 Å². The Morgan fingerprint density at radius 2 is 1.78 bits per heavy atom. The lowest BCUT2D eigenvalue weighted by Gasteiger charge is -2.18. The van der Waals surface area contributed by atoms with E-state index < -0.39 is 17.6 Å². The Hall–Kier alpha value is -2.50. The summed E-state index contributed by atoms with van der Waals surface area (Å²) >= 11 is 0. The highest BCUT2D eigenvalue weighted by Gasteiger charge is 2.31. The Bertz CT molecular complexity index is 656. The van der Waals surface area contributed by atoms with E-state index in [0.29, 0.717) is 5.75 Å². The molecule has 0 heterocycles. The summed E-state index contributed by atoms with van der Waals surface area (Å²) in [6.07, 6.45) is -4.47. The van der Waals surface area contributed by atoms with Crippen molar-refractivity contribution >= 4 is 5.91 Å². The molecule has 23 heavy (non-hydrogen) atoms. The summed E-state index contributed by atoms with van der Waals surface area (Å²) in [6, 6.07) is 13.5. The number of carbonyl (C=O) groups excluding carboxylic acids is 1. The fourth-order valence-corrected chi connectivity index (χ4v) is 1.97. The molecule has 2 rings (SSSR count). The number of rotatable bonds is 5. The van der Waals surface area contributed by atoms with Gasteiger partial charge in [0, 0.05) is 12.6 Å². The van der Waals surface area contributed by atoms with Crippen LogP contribution >= 0.6 is 0 Å². The van der Waals surface area contributed by atoms with Crippen molar-refractivity contribution in [3.8, 4) is 5.75 Å². The van der Waals surface area contributed by atoms with E-state index >= 15 is 0 Å². The lowest BCUT2D eigenvalue weighted by molar-refractivity contribution is -0.137. The van der Waals surface area contributed by atoms with Gasteiger partial charge in [0.25, 0.3) is 5.91 Å². The van der Waals surface area contributed by atoms with Gasteiger partial charge in [-0.1, -0.05) is 24.3 Å². The average molecular weight is 323 g/mol. The molecule has 0 atom stereocenters. The van der Waals surface area contributed by atoms with Gasteiger partial charge in [0.2, 0.25) is 0 Å². The highest BCUT2D eigenvalue weighted by atomic mass is 19.4. The summed E-state index contributed by atoms with van der Waals surface area (Å²) in [4.78, 5) is 13.5. The van der Waals surface area contributed by atoms with Gasteiger partial charge in [-0.3, -0.25) is 4.79 Å². The smallest absolute Gasteiger partial charge is 0.416 e. The van der Waals surface area contributed by atoms with E-state index in [-0.39, 0.29) is 18.7 Å². The van der Waals surface area contributed by atoms with Crippen molar-refractivity contribution in [3.63, 3.8) is 0 Å². The maximum atomic E-state index is 12.7. The van der Waals surface area contributed by atoms with Crippen LogP contribution in [0.25, 0.3) is 0 Å². The number of ether oxygens (including phenoxy) is 1. The fraction of sp³-hybridized carbons (Fsp3) is 0.235. The van der Waals surface area contributed by atoms with Crippen molar-refractivity contribution in [2.75, 3.05) is 20.2 Å². The van der Waals surface area contributed by atoms with Crippen molar-refractivity contribution in [1.29, 1.82) is 0 Å². The normalized spacial score (nSPS) is 11.1. The van der Waals surface area contributed by atoms with E-state index in [1.54, 1.807) is 12.1 Å². The lowest BCUT2D eigenvalue weighted by Crippen LogP contribution is -2.31. The quantitative estimate of drug-likeness (QED) is 0.836. The number of amides is 1. The minimum atomic E-state index is -4.47. The number of carbonyl (C=O) groups is 1. The molecule has 0 saturated carbocycles. The van der Waals surface area contributed by atoms with Gasteiger partial charge in [-0.25, -0.2) is 0 Å². The number of para-hydroxylation sites is 1. The Morgan fingerprint density at radius 3 is 2.43 bits per heavy atom. The average Bonchev–Trinajstić information content (AvgIpc) is 2.54. The third-order valence-corrected chi connectivity index (χ3v) is 3.22. The molecule has 3 nitrogen and oxygen atoms in total. The molecule has 1 amide bonds. The van der Waals surface area contributed by atoms with E-state index in [0.717, 1.165) is 12.1 Å². The Labute approximate surface area is 132 Å². The highest BCUT2D eigenvalue weighted by molar-refractivity contribution is 5.94. The van der Waals surface area contributed by atoms with Crippen LogP contribution in [0.3, 0.4) is 0 Å². The molecule has 0 bridgehead atoms. The summed E-state index contributed by atoms with van der Waals surface area (Å²) < 4.78 is 43.5. The third-order valence-electron chi connectivity index (χ3n) is 3.22. The fourth-order valence-electron chi connectivity index (χ4n) is 1.97. The molecule has 0 unspecified atom stereocenters. The van der Waals surface area contributed by atoms with Crippen LogP contribution in [-0.4, -0.2) is 31.0 Å². The van der Waals surface area contributed by atoms with Crippen LogP contribution < -0.4 is 4.74 Å². The Balaban J connectivity index is 1.94. The molecule has 0 radical (unpaired) electrons. The molecule has 0 fully saturated rings. The zero-order valence-electron chi connectivity index (χ0n) is 12.5. The first kappa shape index (κ1) is 16.9. The van der Waals surface area contributed by atoms with Gasteiger partial charge in [-0.15, -0.1) is 0 Å². The molecule has 0 spiro atoms. The third kappa shape index (κ3) is 4.74. The molecule has 0 aliphatic rings. The van der Waals surface area contributed by atoms with Gasteiger partial charge in [0.15, 0.2) is 0 Å². The van der Waals surface area contributed by atoms with E-state index in [2.05, 4.69) is 0 Å². The summed E-state index contributed by atoms with van der Waals surface area (Å²) in [5, 5.41) is 0. The van der Waals surface area contributed by atoms with E-state index in [9.17, 15) is 18.0 Å². The molecule has 6 heteroatoms. The number of hydrogen-bond donors (Lipinski definition) is 0. The summed E-state index contributed by atoms with van der Waals surface area (Å²) in [5.74, 6) is 0.195. The molecule has 2 aromatic carbocycles. The number of hydrogen-bond acceptors (Lipinski definition) is 2. The van der Waals surface area contributed by atoms with Crippen LogP contribution in [0.15, 0.2) is 54.6 Å². The van der Waals surface area contributed by atoms with Crippen molar-refractivity contribution in [3.05, 3.63) is 65.7 Å². The predicted octanol–water partition coefficient (Wildman–Crippen LogP) is 3.86. The number of halogens is 3. The van der Waals surface area contributed by atoms with Gasteiger partial charge in [0.05, 0.1) is 12.1 Å². The monoisotopic (exact) mass is 323 g/mol. The van der Waals surface area contributed by atoms with Gasteiger partial charge in [0.1, 0.15) is 12.4 Å². The van der Waals surface area contributed by atoms with E-state index in [1.165, 1.54) is 24.1 Å². The predicted molar refractivity (Wildman–Crippen MR) is 80.3 cm³/mol. The molecular formula is C17H16F3NO2. The van der Waals surface area contributed by atoms with Crippen LogP contribution in [0.2, 0.25) is 0 Å². The van der Waals surface area contributed by atoms with Gasteiger partial charge in [-0.2, -0.15) is 13.2 Å². The first-order valence-corrected chi connectivity index (χ1v) is 6.98. The maximum Gasteiger partial charge on any atom is 0.416 e. The minimum Gasteiger partial charge on any atom is -0.492 e. The molecule has 0 aromatic heterocycles. The van der Waals surface area contributed by atoms with Crippen molar-refractivity contribution < 1.29 is 22.7 Å². The first-order valence-electron chi connectivity index (χ1n) is 6.98.